The van der Waals surface area contributed by atoms with E-state index in [0.29, 0.717) is 42.3 Å². The number of carbonyl (C=O) groups excluding carboxylic acids is 1. The predicted molar refractivity (Wildman–Crippen MR) is 147 cm³/mol. The second-order valence-electron chi connectivity index (χ2n) is 10.5. The minimum Gasteiger partial charge on any atom is -0.394 e. The zero-order chi connectivity index (χ0) is 30.1. The lowest BCUT2D eigenvalue weighted by Crippen LogP contribution is -2.40. The van der Waals surface area contributed by atoms with Crippen molar-refractivity contribution >= 4 is 21.8 Å². The van der Waals surface area contributed by atoms with E-state index < -0.39 is 33.6 Å². The molecular weight excluding hydrogens is 576 g/mol. The van der Waals surface area contributed by atoms with E-state index >= 15 is 0 Å². The normalized spacial score (nSPS) is 19.9. The van der Waals surface area contributed by atoms with Crippen molar-refractivity contribution in [3.63, 3.8) is 0 Å². The number of aliphatic hydroxyl groups is 1. The third-order valence-electron chi connectivity index (χ3n) is 7.74. The summed E-state index contributed by atoms with van der Waals surface area (Å²) in [5, 5.41) is 9.82. The molecule has 2 aliphatic rings. The molecule has 1 aromatic heterocycles. The first-order valence-corrected chi connectivity index (χ1v) is 15.1. The van der Waals surface area contributed by atoms with E-state index in [2.05, 4.69) is 9.97 Å². The van der Waals surface area contributed by atoms with Crippen LogP contribution in [0.25, 0.3) is 11.3 Å². The molecule has 2 fully saturated rings. The number of aryl methyl sites for hydroxylation is 1. The molecule has 3 heterocycles. The van der Waals surface area contributed by atoms with Gasteiger partial charge in [-0.05, 0) is 74.6 Å². The highest BCUT2D eigenvalue weighted by molar-refractivity contribution is 7.89. The number of aromatic nitrogens is 2. The molecule has 0 bridgehead atoms. The average Bonchev–Trinajstić information content (AvgIpc) is 3.66. The quantitative estimate of drug-likeness (QED) is 0.355. The molecule has 13 heteroatoms. The lowest BCUT2D eigenvalue weighted by Gasteiger charge is -2.24. The number of aliphatic hydroxyl groups excluding tert-OH is 1. The van der Waals surface area contributed by atoms with Crippen LogP contribution in [0.3, 0.4) is 0 Å². The third kappa shape index (κ3) is 6.32. The highest BCUT2D eigenvalue weighted by atomic mass is 32.2. The van der Waals surface area contributed by atoms with E-state index in [1.165, 1.54) is 24.3 Å². The van der Waals surface area contributed by atoms with Crippen molar-refractivity contribution in [2.24, 2.45) is 0 Å². The highest BCUT2D eigenvalue weighted by Crippen LogP contribution is 2.32. The van der Waals surface area contributed by atoms with Crippen molar-refractivity contribution in [2.75, 3.05) is 24.6 Å². The number of halogens is 4. The summed E-state index contributed by atoms with van der Waals surface area (Å²) in [6, 6.07) is 9.62. The number of nitrogens with zero attached hydrogens (tertiary/aromatic N) is 4. The SMILES string of the molecule is O=C(CCc1cc(-c2ccc(C(F)(F)F)cc2)nc(N2CCC[C@H]2CO)n1)[C@@H]1CCCN1S(=O)(=O)c1ccc(F)cc1. The second kappa shape index (κ2) is 12.1. The second-order valence-corrected chi connectivity index (χ2v) is 12.4. The van der Waals surface area contributed by atoms with Crippen LogP contribution in [0.2, 0.25) is 0 Å². The first kappa shape index (κ1) is 30.1. The van der Waals surface area contributed by atoms with Crippen molar-refractivity contribution in [1.29, 1.82) is 0 Å². The molecule has 224 valence electrons. The fourth-order valence-corrected chi connectivity index (χ4v) is 7.19. The highest BCUT2D eigenvalue weighted by Gasteiger charge is 2.39. The van der Waals surface area contributed by atoms with Crippen LogP contribution in [0.5, 0.6) is 0 Å². The van der Waals surface area contributed by atoms with Crippen LogP contribution in [0.1, 0.15) is 43.4 Å². The van der Waals surface area contributed by atoms with Crippen molar-refractivity contribution in [2.45, 2.75) is 61.7 Å². The largest absolute Gasteiger partial charge is 0.416 e. The number of Topliss-reactive ketones (excluding diaryl/α,β-unsaturated/α-hetero) is 1. The third-order valence-corrected chi connectivity index (χ3v) is 9.67. The van der Waals surface area contributed by atoms with E-state index in [4.69, 9.17) is 0 Å². The fourth-order valence-electron chi connectivity index (χ4n) is 5.52. The van der Waals surface area contributed by atoms with Crippen LogP contribution in [-0.4, -0.2) is 65.4 Å². The molecule has 0 aliphatic carbocycles. The van der Waals surface area contributed by atoms with Gasteiger partial charge in [-0.3, -0.25) is 4.79 Å². The van der Waals surface area contributed by atoms with E-state index in [0.717, 1.165) is 41.4 Å². The Bertz CT molecular complexity index is 1530. The zero-order valence-electron chi connectivity index (χ0n) is 22.6. The predicted octanol–water partition coefficient (Wildman–Crippen LogP) is 4.62. The zero-order valence-corrected chi connectivity index (χ0v) is 23.4. The molecule has 5 rings (SSSR count). The van der Waals surface area contributed by atoms with E-state index in [-0.39, 0.29) is 42.7 Å². The van der Waals surface area contributed by atoms with Gasteiger partial charge in [0.25, 0.3) is 0 Å². The molecule has 42 heavy (non-hydrogen) atoms. The molecular formula is C29H30F4N4O4S. The molecule has 0 radical (unpaired) electrons. The van der Waals surface area contributed by atoms with Crippen molar-refractivity contribution < 1.29 is 35.9 Å². The summed E-state index contributed by atoms with van der Waals surface area (Å²) >= 11 is 0. The van der Waals surface area contributed by atoms with Crippen LogP contribution in [0, 0.1) is 5.82 Å². The number of hydrogen-bond acceptors (Lipinski definition) is 7. The summed E-state index contributed by atoms with van der Waals surface area (Å²) in [6.07, 6.45) is -1.94. The summed E-state index contributed by atoms with van der Waals surface area (Å²) in [7, 11) is -4.01. The number of ketones is 1. The van der Waals surface area contributed by atoms with Crippen LogP contribution < -0.4 is 4.90 Å². The molecule has 8 nitrogen and oxygen atoms in total. The first-order valence-electron chi connectivity index (χ1n) is 13.7. The van der Waals surface area contributed by atoms with Gasteiger partial charge < -0.3 is 10.0 Å². The lowest BCUT2D eigenvalue weighted by atomic mass is 10.0. The van der Waals surface area contributed by atoms with Gasteiger partial charge in [0.1, 0.15) is 5.82 Å². The number of anilines is 1. The van der Waals surface area contributed by atoms with Gasteiger partial charge in [-0.2, -0.15) is 17.5 Å². The monoisotopic (exact) mass is 606 g/mol. The Kier molecular flexibility index (Phi) is 8.63. The van der Waals surface area contributed by atoms with E-state index in [1.54, 1.807) is 6.07 Å². The number of rotatable bonds is 9. The van der Waals surface area contributed by atoms with E-state index in [1.807, 2.05) is 4.90 Å². The molecule has 2 atom stereocenters. The molecule has 3 aromatic rings. The maximum absolute atomic E-state index is 13.4. The van der Waals surface area contributed by atoms with Gasteiger partial charge in [0.15, 0.2) is 5.78 Å². The average molecular weight is 607 g/mol. The van der Waals surface area contributed by atoms with E-state index in [9.17, 15) is 35.9 Å². The Labute approximate surface area is 241 Å². The number of hydrogen-bond donors (Lipinski definition) is 1. The van der Waals surface area contributed by atoms with Gasteiger partial charge in [-0.25, -0.2) is 22.8 Å². The van der Waals surface area contributed by atoms with Gasteiger partial charge in [0.2, 0.25) is 16.0 Å². The first-order chi connectivity index (χ1) is 20.0. The topological polar surface area (TPSA) is 104 Å². The molecule has 2 aliphatic heterocycles. The Morgan fingerprint density at radius 3 is 2.33 bits per heavy atom. The Morgan fingerprint density at radius 1 is 0.976 bits per heavy atom. The smallest absolute Gasteiger partial charge is 0.394 e. The van der Waals surface area contributed by atoms with Crippen LogP contribution in [-0.2, 0) is 27.4 Å². The number of benzene rings is 2. The molecule has 0 saturated carbocycles. The molecule has 0 amide bonds. The Balaban J connectivity index is 1.38. The van der Waals surface area contributed by atoms with Gasteiger partial charge >= 0.3 is 6.18 Å². The van der Waals surface area contributed by atoms with Crippen LogP contribution >= 0.6 is 0 Å². The molecule has 1 N–H and O–H groups in total. The van der Waals surface area contributed by atoms with Crippen molar-refractivity contribution in [3.8, 4) is 11.3 Å². The maximum Gasteiger partial charge on any atom is 0.416 e. The number of alkyl halides is 3. The summed E-state index contributed by atoms with van der Waals surface area (Å²) in [5.74, 6) is -0.543. The summed E-state index contributed by atoms with van der Waals surface area (Å²) in [4.78, 5) is 24.3. The fraction of sp³-hybridized carbons (Fsp3) is 0.414. The lowest BCUT2D eigenvalue weighted by molar-refractivity contribution is -0.137. The van der Waals surface area contributed by atoms with Gasteiger partial charge in [-0.1, -0.05) is 12.1 Å². The molecule has 0 spiro atoms. The van der Waals surface area contributed by atoms with Crippen LogP contribution in [0.15, 0.2) is 59.5 Å². The molecule has 2 saturated heterocycles. The van der Waals surface area contributed by atoms with Gasteiger partial charge in [-0.15, -0.1) is 0 Å². The summed E-state index contributed by atoms with van der Waals surface area (Å²) in [5.41, 5.74) is 0.494. The van der Waals surface area contributed by atoms with Crippen molar-refractivity contribution in [3.05, 3.63) is 71.7 Å². The van der Waals surface area contributed by atoms with Gasteiger partial charge in [0, 0.05) is 30.8 Å². The maximum atomic E-state index is 13.4. The van der Waals surface area contributed by atoms with Crippen molar-refractivity contribution in [1.82, 2.24) is 14.3 Å². The van der Waals surface area contributed by atoms with Gasteiger partial charge in [0.05, 0.1) is 34.8 Å². The minimum atomic E-state index is -4.48. The summed E-state index contributed by atoms with van der Waals surface area (Å²) in [6.45, 7) is 0.656. The van der Waals surface area contributed by atoms with Crippen LogP contribution in [0.4, 0.5) is 23.5 Å². The minimum absolute atomic E-state index is 0.0214. The number of carbonyl (C=O) groups is 1. The standard InChI is InChI=1S/C29H30F4N4O4S/c30-21-9-12-24(13-10-21)42(40,41)37-16-2-4-26(37)27(39)14-11-22-17-25(19-5-7-20(8-6-19)29(31,32)33)35-28(34-22)36-15-1-3-23(36)18-38/h5-10,12-13,17,23,26,38H,1-4,11,14-16,18H2/t23-,26-/m0/s1. The molecule has 0 unspecified atom stereocenters. The number of sulfonamides is 1. The Morgan fingerprint density at radius 2 is 1.67 bits per heavy atom. The molecule has 2 aromatic carbocycles. The Hall–Kier alpha value is -3.42. The summed E-state index contributed by atoms with van der Waals surface area (Å²) < 4.78 is 80.3.